The van der Waals surface area contributed by atoms with Crippen molar-refractivity contribution >= 4 is 16.8 Å². The van der Waals surface area contributed by atoms with Crippen molar-refractivity contribution in [1.82, 2.24) is 15.6 Å². The van der Waals surface area contributed by atoms with E-state index in [1.54, 1.807) is 12.1 Å². The second-order valence-corrected chi connectivity index (χ2v) is 8.35. The summed E-state index contributed by atoms with van der Waals surface area (Å²) in [5.41, 5.74) is -1.26. The summed E-state index contributed by atoms with van der Waals surface area (Å²) in [6, 6.07) is 5.68. The van der Waals surface area contributed by atoms with Crippen LogP contribution in [0.3, 0.4) is 0 Å². The lowest BCUT2D eigenvalue weighted by molar-refractivity contribution is -0.136. The molecule has 5 nitrogen and oxygen atoms in total. The highest BCUT2D eigenvalue weighted by Crippen LogP contribution is 2.41. The molecule has 1 unspecified atom stereocenters. The molecule has 0 bridgehead atoms. The molecule has 1 aliphatic carbocycles. The van der Waals surface area contributed by atoms with Gasteiger partial charge in [-0.3, -0.25) is 9.78 Å². The fourth-order valence-electron chi connectivity index (χ4n) is 4.39. The Morgan fingerprint density at radius 2 is 2.10 bits per heavy atom. The molecule has 3 atom stereocenters. The van der Waals surface area contributed by atoms with Gasteiger partial charge in [0.15, 0.2) is 0 Å². The highest BCUT2D eigenvalue weighted by Gasteiger charge is 2.44. The maximum Gasteiger partial charge on any atom is 0.418 e. The average Bonchev–Trinajstić information content (AvgIpc) is 3.51. The van der Waals surface area contributed by atoms with Crippen LogP contribution in [0.25, 0.3) is 10.9 Å². The van der Waals surface area contributed by atoms with E-state index in [2.05, 4.69) is 15.6 Å². The molecule has 1 aliphatic heterocycles. The van der Waals surface area contributed by atoms with Crippen LogP contribution in [0.5, 0.6) is 0 Å². The number of alkyl halides is 3. The van der Waals surface area contributed by atoms with E-state index < -0.39 is 29.3 Å². The third kappa shape index (κ3) is 3.83. The molecule has 0 spiro atoms. The number of nitrogens with zero attached hydrogens (tertiary/aromatic N) is 1. The van der Waals surface area contributed by atoms with E-state index in [0.29, 0.717) is 23.9 Å². The van der Waals surface area contributed by atoms with E-state index in [4.69, 9.17) is 0 Å². The number of benzene rings is 1. The van der Waals surface area contributed by atoms with E-state index in [-0.39, 0.29) is 17.4 Å². The first kappa shape index (κ1) is 20.1. The molecular weight excluding hydrogens is 383 g/mol. The molecule has 3 N–H and O–H groups in total. The molecule has 8 heteroatoms. The van der Waals surface area contributed by atoms with Crippen LogP contribution in [0.15, 0.2) is 30.5 Å². The minimum atomic E-state index is -4.53. The van der Waals surface area contributed by atoms with Gasteiger partial charge in [-0.1, -0.05) is 19.1 Å². The minimum absolute atomic E-state index is 0.0351. The first-order chi connectivity index (χ1) is 13.7. The Hall–Kier alpha value is -2.19. The number of aromatic nitrogens is 1. The molecule has 0 radical (unpaired) electrons. The van der Waals surface area contributed by atoms with Gasteiger partial charge in [0, 0.05) is 18.1 Å². The van der Waals surface area contributed by atoms with Crippen LogP contribution in [-0.2, 0) is 16.5 Å². The predicted molar refractivity (Wildman–Crippen MR) is 102 cm³/mol. The molecule has 2 heterocycles. The van der Waals surface area contributed by atoms with Crippen LogP contribution in [0.4, 0.5) is 13.2 Å². The van der Waals surface area contributed by atoms with Gasteiger partial charge in [0.1, 0.15) is 6.10 Å². The molecule has 1 aromatic heterocycles. The number of amides is 1. The SMILES string of the molecule is C[C@@H]1CNC[C@](NC(=O)C(O)C2CC2)(c2ccc(C(F)(F)F)c3ncccc23)C1. The summed E-state index contributed by atoms with van der Waals surface area (Å²) >= 11 is 0. The van der Waals surface area contributed by atoms with Crippen LogP contribution >= 0.6 is 0 Å². The first-order valence-electron chi connectivity index (χ1n) is 9.87. The summed E-state index contributed by atoms with van der Waals surface area (Å²) in [6.45, 7) is 3.14. The summed E-state index contributed by atoms with van der Waals surface area (Å²) in [7, 11) is 0. The van der Waals surface area contributed by atoms with Gasteiger partial charge < -0.3 is 15.7 Å². The van der Waals surface area contributed by atoms with E-state index in [9.17, 15) is 23.1 Å². The maximum absolute atomic E-state index is 13.5. The summed E-state index contributed by atoms with van der Waals surface area (Å²) in [5, 5.41) is 16.9. The fraction of sp³-hybridized carbons (Fsp3) is 0.524. The van der Waals surface area contributed by atoms with Crippen molar-refractivity contribution < 1.29 is 23.1 Å². The Balaban J connectivity index is 1.83. The van der Waals surface area contributed by atoms with Gasteiger partial charge in [-0.15, -0.1) is 0 Å². The van der Waals surface area contributed by atoms with Crippen molar-refractivity contribution in [2.45, 2.75) is 44.0 Å². The van der Waals surface area contributed by atoms with Gasteiger partial charge >= 0.3 is 6.18 Å². The largest absolute Gasteiger partial charge is 0.418 e. The van der Waals surface area contributed by atoms with E-state index in [1.165, 1.54) is 12.3 Å². The zero-order valence-corrected chi connectivity index (χ0v) is 16.1. The maximum atomic E-state index is 13.5. The molecule has 2 fully saturated rings. The van der Waals surface area contributed by atoms with Crippen molar-refractivity contribution in [2.24, 2.45) is 11.8 Å². The number of fused-ring (bicyclic) bond motifs is 1. The normalized spacial score (nSPS) is 26.3. The van der Waals surface area contributed by atoms with Crippen molar-refractivity contribution in [1.29, 1.82) is 0 Å². The van der Waals surface area contributed by atoms with Crippen LogP contribution in [0.2, 0.25) is 0 Å². The Morgan fingerprint density at radius 1 is 1.34 bits per heavy atom. The number of halogens is 3. The van der Waals surface area contributed by atoms with Crippen molar-refractivity contribution in [3.05, 3.63) is 41.6 Å². The number of hydrogen-bond donors (Lipinski definition) is 3. The van der Waals surface area contributed by atoms with Gasteiger partial charge in [-0.25, -0.2) is 0 Å². The van der Waals surface area contributed by atoms with Crippen molar-refractivity contribution in [3.63, 3.8) is 0 Å². The van der Waals surface area contributed by atoms with Gasteiger partial charge in [-0.2, -0.15) is 13.2 Å². The average molecular weight is 407 g/mol. The summed E-state index contributed by atoms with van der Waals surface area (Å²) < 4.78 is 40.5. The Kier molecular flexibility index (Phi) is 5.02. The lowest BCUT2D eigenvalue weighted by Crippen LogP contribution is -2.59. The monoisotopic (exact) mass is 407 g/mol. The molecule has 156 valence electrons. The zero-order valence-electron chi connectivity index (χ0n) is 16.1. The number of hydrogen-bond acceptors (Lipinski definition) is 4. The van der Waals surface area contributed by atoms with Crippen LogP contribution in [0, 0.1) is 11.8 Å². The lowest BCUT2D eigenvalue weighted by Gasteiger charge is -2.42. The van der Waals surface area contributed by atoms with Crippen LogP contribution in [0.1, 0.15) is 37.3 Å². The zero-order chi connectivity index (χ0) is 20.8. The standard InChI is InChI=1S/C21H24F3N3O2/c1-12-9-20(11-25-10-12,27-19(29)18(28)13-4-5-13)15-6-7-16(21(22,23)24)17-14(15)3-2-8-26-17/h2-3,6-8,12-13,18,25,28H,4-5,9-11H2,1H3,(H,27,29)/t12-,18?,20-/m0/s1. The molecule has 1 saturated carbocycles. The predicted octanol–water partition coefficient (Wildman–Crippen LogP) is 2.97. The number of aliphatic hydroxyl groups is 1. The molecular formula is C21H24F3N3O2. The molecule has 29 heavy (non-hydrogen) atoms. The summed E-state index contributed by atoms with van der Waals surface area (Å²) in [4.78, 5) is 16.8. The smallest absolute Gasteiger partial charge is 0.383 e. The fourth-order valence-corrected chi connectivity index (χ4v) is 4.39. The van der Waals surface area contributed by atoms with E-state index in [0.717, 1.165) is 25.5 Å². The van der Waals surface area contributed by atoms with Crippen LogP contribution in [-0.4, -0.2) is 35.2 Å². The molecule has 2 aromatic rings. The lowest BCUT2D eigenvalue weighted by atomic mass is 9.77. The second-order valence-electron chi connectivity index (χ2n) is 8.35. The third-order valence-corrected chi connectivity index (χ3v) is 5.91. The van der Waals surface area contributed by atoms with E-state index >= 15 is 0 Å². The Morgan fingerprint density at radius 3 is 2.76 bits per heavy atom. The number of pyridine rings is 1. The molecule has 1 aromatic carbocycles. The highest BCUT2D eigenvalue weighted by molar-refractivity contribution is 5.88. The van der Waals surface area contributed by atoms with Crippen molar-refractivity contribution in [2.75, 3.05) is 13.1 Å². The molecule has 1 amide bonds. The first-order valence-corrected chi connectivity index (χ1v) is 9.87. The molecule has 4 rings (SSSR count). The summed E-state index contributed by atoms with van der Waals surface area (Å²) in [5.74, 6) is -0.316. The van der Waals surface area contributed by atoms with E-state index in [1.807, 2.05) is 6.92 Å². The van der Waals surface area contributed by atoms with Gasteiger partial charge in [0.2, 0.25) is 5.91 Å². The van der Waals surface area contributed by atoms with Crippen LogP contribution < -0.4 is 10.6 Å². The van der Waals surface area contributed by atoms with Crippen molar-refractivity contribution in [3.8, 4) is 0 Å². The van der Waals surface area contributed by atoms with Gasteiger partial charge in [0.05, 0.1) is 16.6 Å². The number of nitrogens with one attached hydrogen (secondary N) is 2. The topological polar surface area (TPSA) is 74.2 Å². The third-order valence-electron chi connectivity index (χ3n) is 5.91. The second kappa shape index (κ2) is 7.25. The number of rotatable bonds is 4. The number of carbonyl (C=O) groups excluding carboxylic acids is 1. The molecule has 1 saturated heterocycles. The Labute approximate surface area is 166 Å². The highest BCUT2D eigenvalue weighted by atomic mass is 19.4. The van der Waals surface area contributed by atoms with Gasteiger partial charge in [0.25, 0.3) is 0 Å². The minimum Gasteiger partial charge on any atom is -0.383 e. The number of piperidine rings is 1. The van der Waals surface area contributed by atoms with Gasteiger partial charge in [-0.05, 0) is 55.3 Å². The quantitative estimate of drug-likeness (QED) is 0.729. The molecule has 2 aliphatic rings. The number of aliphatic hydroxyl groups excluding tert-OH is 1. The summed E-state index contributed by atoms with van der Waals surface area (Å²) in [6.07, 6.45) is -2.11. The number of carbonyl (C=O) groups is 1. The Bertz CT molecular complexity index is 929.